The largest absolute Gasteiger partial charge is 0.484 e. The Balaban J connectivity index is 1.37. The molecule has 28 heavy (non-hydrogen) atoms. The zero-order valence-electron chi connectivity index (χ0n) is 14.9. The summed E-state index contributed by atoms with van der Waals surface area (Å²) in [5, 5.41) is 11.5. The summed E-state index contributed by atoms with van der Waals surface area (Å²) in [5.74, 6) is 0.0177. The van der Waals surface area contributed by atoms with Crippen molar-refractivity contribution in [2.45, 2.75) is 6.92 Å². The minimum atomic E-state index is -0.502. The molecule has 0 radical (unpaired) electrons. The van der Waals surface area contributed by atoms with E-state index in [4.69, 9.17) is 20.9 Å². The number of halogens is 1. The number of aryl methyl sites for hydroxylation is 1. The number of amides is 2. The number of carbonyl (C=O) groups is 2. The van der Waals surface area contributed by atoms with Crippen LogP contribution in [0.2, 0.25) is 5.02 Å². The number of hydrogen-bond donors (Lipinski definition) is 2. The summed E-state index contributed by atoms with van der Waals surface area (Å²) in [6.07, 6.45) is 0. The molecule has 0 aliphatic carbocycles. The van der Waals surface area contributed by atoms with Crippen LogP contribution in [-0.4, -0.2) is 41.7 Å². The van der Waals surface area contributed by atoms with Crippen LogP contribution in [0.4, 0.5) is 0 Å². The number of rotatable bonds is 8. The van der Waals surface area contributed by atoms with Gasteiger partial charge in [0.2, 0.25) is 5.82 Å². The van der Waals surface area contributed by atoms with Crippen LogP contribution >= 0.6 is 22.9 Å². The van der Waals surface area contributed by atoms with Crippen LogP contribution < -0.4 is 15.4 Å². The first-order valence-electron chi connectivity index (χ1n) is 8.34. The van der Waals surface area contributed by atoms with Gasteiger partial charge in [-0.1, -0.05) is 22.8 Å². The van der Waals surface area contributed by atoms with Crippen molar-refractivity contribution in [2.24, 2.45) is 0 Å². The fourth-order valence-electron chi connectivity index (χ4n) is 2.24. The molecule has 2 amide bonds. The third kappa shape index (κ3) is 5.30. The highest BCUT2D eigenvalue weighted by Gasteiger charge is 2.16. The van der Waals surface area contributed by atoms with Gasteiger partial charge in [0.25, 0.3) is 5.91 Å². The molecule has 0 aliphatic rings. The van der Waals surface area contributed by atoms with E-state index in [1.54, 1.807) is 18.2 Å². The van der Waals surface area contributed by atoms with Gasteiger partial charge in [0.15, 0.2) is 6.61 Å². The molecular formula is C18H17ClN4O4S. The second kappa shape index (κ2) is 9.34. The van der Waals surface area contributed by atoms with Gasteiger partial charge in [-0.2, -0.15) is 4.98 Å². The molecule has 146 valence electrons. The lowest BCUT2D eigenvalue weighted by Crippen LogP contribution is -2.36. The van der Waals surface area contributed by atoms with Gasteiger partial charge in [0.1, 0.15) is 5.75 Å². The van der Waals surface area contributed by atoms with E-state index in [1.807, 2.05) is 24.4 Å². The minimum absolute atomic E-state index is 0.128. The predicted molar refractivity (Wildman–Crippen MR) is 105 cm³/mol. The number of carbonyl (C=O) groups excluding carboxylic acids is 2. The van der Waals surface area contributed by atoms with Gasteiger partial charge in [-0.05, 0) is 42.1 Å². The number of aromatic nitrogens is 2. The van der Waals surface area contributed by atoms with Crippen LogP contribution in [0.5, 0.6) is 5.75 Å². The highest BCUT2D eigenvalue weighted by molar-refractivity contribution is 7.13. The van der Waals surface area contributed by atoms with Gasteiger partial charge < -0.3 is 19.9 Å². The van der Waals surface area contributed by atoms with E-state index in [2.05, 4.69) is 20.8 Å². The zero-order chi connectivity index (χ0) is 19.9. The smallest absolute Gasteiger partial charge is 0.316 e. The molecule has 2 N–H and O–H groups in total. The van der Waals surface area contributed by atoms with E-state index < -0.39 is 5.91 Å². The van der Waals surface area contributed by atoms with Gasteiger partial charge in [-0.25, -0.2) is 0 Å². The SMILES string of the molecule is Cc1cc(Cl)ccc1OCC(=O)NCCNC(=O)c1nc(-c2cccs2)no1. The van der Waals surface area contributed by atoms with Crippen LogP contribution in [0.25, 0.3) is 10.7 Å². The van der Waals surface area contributed by atoms with Gasteiger partial charge in [0.05, 0.1) is 4.88 Å². The molecule has 3 rings (SSSR count). The van der Waals surface area contributed by atoms with Crippen LogP contribution in [-0.2, 0) is 4.79 Å². The van der Waals surface area contributed by atoms with E-state index in [-0.39, 0.29) is 31.5 Å². The van der Waals surface area contributed by atoms with Gasteiger partial charge >= 0.3 is 11.8 Å². The van der Waals surface area contributed by atoms with Crippen molar-refractivity contribution in [3.8, 4) is 16.5 Å². The molecule has 0 saturated carbocycles. The van der Waals surface area contributed by atoms with E-state index in [0.29, 0.717) is 16.6 Å². The Morgan fingerprint density at radius 3 is 2.82 bits per heavy atom. The topological polar surface area (TPSA) is 106 Å². The Morgan fingerprint density at radius 1 is 1.25 bits per heavy atom. The monoisotopic (exact) mass is 420 g/mol. The highest BCUT2D eigenvalue weighted by Crippen LogP contribution is 2.22. The molecule has 0 saturated heterocycles. The normalized spacial score (nSPS) is 10.5. The fourth-order valence-corrected chi connectivity index (χ4v) is 3.12. The third-order valence-corrected chi connectivity index (χ3v) is 4.69. The second-order valence-corrected chi connectivity index (χ2v) is 7.09. The lowest BCUT2D eigenvalue weighted by molar-refractivity contribution is -0.123. The maximum absolute atomic E-state index is 12.0. The van der Waals surface area contributed by atoms with Gasteiger partial charge in [0, 0.05) is 18.1 Å². The van der Waals surface area contributed by atoms with Crippen molar-refractivity contribution in [2.75, 3.05) is 19.7 Å². The quantitative estimate of drug-likeness (QED) is 0.542. The van der Waals surface area contributed by atoms with Crippen LogP contribution in [0.15, 0.2) is 40.2 Å². The Kier molecular flexibility index (Phi) is 6.62. The van der Waals surface area contributed by atoms with Crippen molar-refractivity contribution >= 4 is 34.8 Å². The lowest BCUT2D eigenvalue weighted by Gasteiger charge is -2.10. The molecule has 0 fully saturated rings. The number of nitrogens with one attached hydrogen (secondary N) is 2. The molecule has 0 aliphatic heterocycles. The Labute approximate surface area is 169 Å². The van der Waals surface area contributed by atoms with E-state index in [0.717, 1.165) is 10.4 Å². The number of ether oxygens (including phenoxy) is 1. The zero-order valence-corrected chi connectivity index (χ0v) is 16.5. The Bertz CT molecular complexity index is 958. The highest BCUT2D eigenvalue weighted by atomic mass is 35.5. The number of nitrogens with zero attached hydrogens (tertiary/aromatic N) is 2. The maximum atomic E-state index is 12.0. The summed E-state index contributed by atoms with van der Waals surface area (Å²) in [5.41, 5.74) is 0.842. The third-order valence-electron chi connectivity index (χ3n) is 3.59. The second-order valence-electron chi connectivity index (χ2n) is 5.70. The fraction of sp³-hybridized carbons (Fsp3) is 0.222. The van der Waals surface area contributed by atoms with Crippen molar-refractivity contribution in [3.05, 3.63) is 52.2 Å². The molecule has 0 spiro atoms. The summed E-state index contributed by atoms with van der Waals surface area (Å²) in [7, 11) is 0. The molecule has 2 heterocycles. The average molecular weight is 421 g/mol. The molecule has 0 atom stereocenters. The van der Waals surface area contributed by atoms with Gasteiger partial charge in [-0.15, -0.1) is 11.3 Å². The lowest BCUT2D eigenvalue weighted by atomic mass is 10.2. The first-order valence-corrected chi connectivity index (χ1v) is 9.60. The van der Waals surface area contributed by atoms with Gasteiger partial charge in [-0.3, -0.25) is 9.59 Å². The molecule has 1 aromatic carbocycles. The molecule has 0 unspecified atom stereocenters. The standard InChI is InChI=1S/C18H17ClN4O4S/c1-11-9-12(19)4-5-13(11)26-10-15(24)20-6-7-21-17(25)18-22-16(23-27-18)14-3-2-8-28-14/h2-5,8-9H,6-7,10H2,1H3,(H,20,24)(H,21,25). The summed E-state index contributed by atoms with van der Waals surface area (Å²) in [4.78, 5) is 28.7. The summed E-state index contributed by atoms with van der Waals surface area (Å²) in [6, 6.07) is 8.85. The molecule has 8 nitrogen and oxygen atoms in total. The van der Waals surface area contributed by atoms with Crippen LogP contribution in [0, 0.1) is 6.92 Å². The first kappa shape index (κ1) is 19.8. The van der Waals surface area contributed by atoms with E-state index in [9.17, 15) is 9.59 Å². The summed E-state index contributed by atoms with van der Waals surface area (Å²) >= 11 is 7.32. The first-order chi connectivity index (χ1) is 13.5. The predicted octanol–water partition coefficient (Wildman–Crippen LogP) is 2.68. The maximum Gasteiger partial charge on any atom is 0.316 e. The van der Waals surface area contributed by atoms with E-state index in [1.165, 1.54) is 11.3 Å². The summed E-state index contributed by atoms with van der Waals surface area (Å²) in [6.45, 7) is 2.15. The summed E-state index contributed by atoms with van der Waals surface area (Å²) < 4.78 is 10.4. The minimum Gasteiger partial charge on any atom is -0.484 e. The molecular weight excluding hydrogens is 404 g/mol. The van der Waals surface area contributed by atoms with Crippen molar-refractivity contribution in [1.29, 1.82) is 0 Å². The van der Waals surface area contributed by atoms with Crippen molar-refractivity contribution < 1.29 is 18.8 Å². The Hall–Kier alpha value is -2.91. The number of hydrogen-bond acceptors (Lipinski definition) is 7. The van der Waals surface area contributed by atoms with Crippen LogP contribution in [0.1, 0.15) is 16.2 Å². The molecule has 3 aromatic rings. The van der Waals surface area contributed by atoms with Crippen LogP contribution in [0.3, 0.4) is 0 Å². The molecule has 10 heteroatoms. The average Bonchev–Trinajstić information content (AvgIpc) is 3.35. The van der Waals surface area contributed by atoms with Crippen molar-refractivity contribution in [3.63, 3.8) is 0 Å². The molecule has 0 bridgehead atoms. The van der Waals surface area contributed by atoms with Crippen molar-refractivity contribution in [1.82, 2.24) is 20.8 Å². The number of thiophene rings is 1. The van der Waals surface area contributed by atoms with E-state index >= 15 is 0 Å². The Morgan fingerprint density at radius 2 is 2.07 bits per heavy atom. The molecule has 2 aromatic heterocycles. The number of benzene rings is 1.